The number of primary amides is 1. The summed E-state index contributed by atoms with van der Waals surface area (Å²) in [4.78, 5) is 85.9. The van der Waals surface area contributed by atoms with E-state index >= 15 is 0 Å². The molecule has 12 aromatic rings. The maximum atomic E-state index is 13.4. The highest BCUT2D eigenvalue weighted by Crippen LogP contribution is 2.50. The molecule has 2 aromatic heterocycles. The smallest absolute Gasteiger partial charge is 0.306 e. The molecule has 0 radical (unpaired) electrons. The highest BCUT2D eigenvalue weighted by molar-refractivity contribution is 6.08. The quantitative estimate of drug-likeness (QED) is 0.0193. The fraction of sp³-hybridized carbons (Fsp3) is 0.317. The molecule has 620 valence electrons. The number of carbonyl (C=O) groups is 6. The molecular weight excluding hydrogens is 1510 g/mol. The van der Waals surface area contributed by atoms with Gasteiger partial charge in [0, 0.05) is 90.0 Å². The number of benzene rings is 10. The Hall–Kier alpha value is -12.8. The highest BCUT2D eigenvalue weighted by atomic mass is 16.6. The van der Waals surface area contributed by atoms with Crippen molar-refractivity contribution in [1.82, 2.24) is 19.8 Å². The number of nitrogens with one attached hydrogen (secondary N) is 2. The van der Waals surface area contributed by atoms with Crippen molar-refractivity contribution in [2.75, 3.05) is 13.2 Å². The lowest BCUT2D eigenvalue weighted by molar-refractivity contribution is -0.155. The number of ketones is 2. The number of hydrogen-bond donors (Lipinski definition) is 5. The molecule has 4 heterocycles. The molecule has 6 atom stereocenters. The molecule has 121 heavy (non-hydrogen) atoms. The van der Waals surface area contributed by atoms with E-state index in [-0.39, 0.29) is 68.5 Å². The Labute approximate surface area is 708 Å². The first-order valence-corrected chi connectivity index (χ1v) is 42.4. The second-order valence-corrected chi connectivity index (χ2v) is 33.6. The first-order valence-electron chi connectivity index (χ1n) is 42.4. The number of hydrogen-bond acceptors (Lipinski definition) is 12. The van der Waals surface area contributed by atoms with Crippen LogP contribution in [0.5, 0.6) is 23.0 Å². The van der Waals surface area contributed by atoms with Gasteiger partial charge in [-0.1, -0.05) is 129 Å². The van der Waals surface area contributed by atoms with E-state index in [0.717, 1.165) is 133 Å². The van der Waals surface area contributed by atoms with Gasteiger partial charge in [0.15, 0.2) is 5.78 Å². The Morgan fingerprint density at radius 1 is 0.529 bits per heavy atom. The van der Waals surface area contributed by atoms with Crippen molar-refractivity contribution < 1.29 is 53.2 Å². The van der Waals surface area contributed by atoms with Crippen molar-refractivity contribution >= 4 is 57.1 Å². The van der Waals surface area contributed by atoms with E-state index in [2.05, 4.69) is 186 Å². The number of aromatic nitrogens is 2. The van der Waals surface area contributed by atoms with Crippen LogP contribution in [0, 0.1) is 11.3 Å². The van der Waals surface area contributed by atoms with Crippen molar-refractivity contribution in [1.29, 1.82) is 5.26 Å². The topological polar surface area (TPSA) is 258 Å². The highest BCUT2D eigenvalue weighted by Gasteiger charge is 2.41. The van der Waals surface area contributed by atoms with Crippen LogP contribution < -0.4 is 15.2 Å². The Morgan fingerprint density at radius 3 is 1.46 bits per heavy atom. The molecule has 0 spiro atoms. The number of nitriles is 1. The third-order valence-corrected chi connectivity index (χ3v) is 24.5. The molecular formula is C104H108N6O11. The molecule has 17 nitrogen and oxygen atoms in total. The lowest BCUT2D eigenvalue weighted by atomic mass is 9.69. The zero-order valence-electron chi connectivity index (χ0n) is 68.7. The van der Waals surface area contributed by atoms with Gasteiger partial charge in [-0.25, -0.2) is 0 Å². The molecule has 10 aromatic carbocycles. The summed E-state index contributed by atoms with van der Waals surface area (Å²) in [6, 6.07) is 75.4. The van der Waals surface area contributed by atoms with E-state index in [0.29, 0.717) is 67.1 Å². The Balaban J connectivity index is 0.000000191. The number of ether oxygens (including phenoxy) is 3. The van der Waals surface area contributed by atoms with Crippen molar-refractivity contribution in [2.24, 2.45) is 5.73 Å². The average Bonchev–Trinajstić information content (AvgIpc) is 1.63. The third kappa shape index (κ3) is 19.6. The van der Waals surface area contributed by atoms with E-state index in [4.69, 9.17) is 25.2 Å². The van der Waals surface area contributed by atoms with Crippen molar-refractivity contribution in [3.8, 4) is 51.3 Å². The molecule has 5 aliphatic rings. The van der Waals surface area contributed by atoms with Gasteiger partial charge in [-0.3, -0.25) is 28.8 Å². The van der Waals surface area contributed by atoms with E-state index in [1.54, 1.807) is 31.7 Å². The number of nitrogens with two attached hydrogens (primary N) is 1. The first-order chi connectivity index (χ1) is 58.2. The molecule has 6 N–H and O–H groups in total. The molecule has 0 saturated heterocycles. The molecule has 1 fully saturated rings. The number of carbonyl (C=O) groups excluding carboxylic acids is 6. The van der Waals surface area contributed by atoms with E-state index in [1.807, 2.05) is 54.6 Å². The van der Waals surface area contributed by atoms with Crippen LogP contribution in [0.1, 0.15) is 230 Å². The maximum absolute atomic E-state index is 13.4. The summed E-state index contributed by atoms with van der Waals surface area (Å²) >= 11 is 0. The molecule has 0 bridgehead atoms. The van der Waals surface area contributed by atoms with Crippen LogP contribution in [0.25, 0.3) is 44.1 Å². The molecule has 17 rings (SSSR count). The summed E-state index contributed by atoms with van der Waals surface area (Å²) in [5.41, 5.74) is 27.2. The number of rotatable bonds is 26. The summed E-state index contributed by atoms with van der Waals surface area (Å²) in [5, 5.41) is 30.1. The molecule has 3 amide bonds. The molecule has 17 heteroatoms. The lowest BCUT2D eigenvalue weighted by Gasteiger charge is -2.34. The minimum absolute atomic E-state index is 0. The lowest BCUT2D eigenvalue weighted by Crippen LogP contribution is -2.45. The van der Waals surface area contributed by atoms with Crippen LogP contribution in [0.2, 0.25) is 0 Å². The Morgan fingerprint density at radius 2 is 0.992 bits per heavy atom. The van der Waals surface area contributed by atoms with Gasteiger partial charge in [0.2, 0.25) is 5.91 Å². The fourth-order valence-electron chi connectivity index (χ4n) is 18.6. The van der Waals surface area contributed by atoms with Crippen molar-refractivity contribution in [3.63, 3.8) is 0 Å². The first kappa shape index (κ1) is 84.6. The number of H-pyrrole nitrogens is 2. The van der Waals surface area contributed by atoms with Crippen molar-refractivity contribution in [3.05, 3.63) is 309 Å². The summed E-state index contributed by atoms with van der Waals surface area (Å²) in [7, 11) is 0. The number of phenols is 2. The number of phenolic OH excluding ortho intramolecular Hbond substituents is 2. The summed E-state index contributed by atoms with van der Waals surface area (Å²) in [5.74, 6) is 1.94. The predicted octanol–water partition coefficient (Wildman–Crippen LogP) is 21.1. The number of aryl methyl sites for hydroxylation is 4. The average molecular weight is 1620 g/mol. The fourth-order valence-corrected chi connectivity index (χ4v) is 18.6. The number of esters is 1. The summed E-state index contributed by atoms with van der Waals surface area (Å²) in [6.45, 7) is 8.75. The van der Waals surface area contributed by atoms with E-state index in [9.17, 15) is 39.0 Å². The largest absolute Gasteiger partial charge is 0.508 e. The van der Waals surface area contributed by atoms with Gasteiger partial charge in [-0.2, -0.15) is 5.26 Å². The number of aromatic hydroxyl groups is 2. The van der Waals surface area contributed by atoms with Gasteiger partial charge in [-0.15, -0.1) is 0 Å². The van der Waals surface area contributed by atoms with Gasteiger partial charge in [0.1, 0.15) is 40.4 Å². The SMILES string of the molecule is C.CC#N.CC(C)(C)OC(=O)CC[C@@H](C(N)=O)N1Cc2cc(-c3ccc4[nH]cc(CCCCCOc5ccc([C@@H]6c7ccc(O)cc7CC[C@@H]6c6ccccc6)cc5)c4c3)ccc2C1=O.O=C1CC[C@H](N2Cc3cc(-c4ccc5[nH]cc(CCCCCOc6ccc([C@@H]7c8ccc(O)cc8CC[C@@H]7c7ccccc7)cc6)c5c4)ccc3C2=O)C(=O)C1. The zero-order chi connectivity index (χ0) is 83.6. The van der Waals surface area contributed by atoms with E-state index in [1.165, 1.54) is 78.2 Å². The number of aromatic amines is 2. The van der Waals surface area contributed by atoms with Gasteiger partial charge >= 0.3 is 5.97 Å². The normalized spacial score (nSPS) is 17.4. The minimum Gasteiger partial charge on any atom is -0.508 e. The van der Waals surface area contributed by atoms with Crippen LogP contribution in [0.15, 0.2) is 231 Å². The van der Waals surface area contributed by atoms with Gasteiger partial charge in [0.05, 0.1) is 31.7 Å². The van der Waals surface area contributed by atoms with Crippen LogP contribution in [0.4, 0.5) is 0 Å². The second-order valence-electron chi connectivity index (χ2n) is 33.6. The Kier molecular flexibility index (Phi) is 26.6. The van der Waals surface area contributed by atoms with Crippen molar-refractivity contribution in [2.45, 2.75) is 199 Å². The van der Waals surface area contributed by atoms with Crippen LogP contribution in [0.3, 0.4) is 0 Å². The van der Waals surface area contributed by atoms with Gasteiger partial charge in [-0.05, 0) is 309 Å². The van der Waals surface area contributed by atoms with E-state index < -0.39 is 29.6 Å². The predicted molar refractivity (Wildman–Crippen MR) is 475 cm³/mol. The number of unbranched alkanes of at least 4 members (excludes halogenated alkanes) is 4. The molecule has 2 aliphatic heterocycles. The molecule has 3 aliphatic carbocycles. The summed E-state index contributed by atoms with van der Waals surface area (Å²) < 4.78 is 17.8. The summed E-state index contributed by atoms with van der Waals surface area (Å²) in [6.07, 6.45) is 17.0. The van der Waals surface area contributed by atoms with Crippen LogP contribution in [-0.4, -0.2) is 96.1 Å². The monoisotopic (exact) mass is 1620 g/mol. The molecule has 0 unspecified atom stereocenters. The maximum Gasteiger partial charge on any atom is 0.306 e. The van der Waals surface area contributed by atoms with Crippen LogP contribution >= 0.6 is 0 Å². The number of amides is 3. The number of nitrogens with zero attached hydrogens (tertiary/aromatic N) is 3. The molecule has 1 saturated carbocycles. The Bertz CT molecular complexity index is 5780. The number of Topliss-reactive ketones (excluding diaryl/α,β-unsaturated/α-hetero) is 2. The van der Waals surface area contributed by atoms with Gasteiger partial charge < -0.3 is 49.9 Å². The standard InChI is InChI=1S/C52H55N3O6.C49H46N2O5.C2H3N.CH4/c1-52(2,3)61-48(57)26-25-47(50(53)58)55-32-39-28-35(15-22-44(39)51(55)59)36-17-24-46-45(30-36)38(31-54-46)12-8-5-9-27-60-41-19-13-34(14-20-41)49-42(33-10-6-4-7-11-33)21-16-37-29-40(56)18-23-43(37)49;52-38-15-21-42-35(26-38)13-19-41(31-7-3-1-4-8-31)48(42)32-10-17-40(18-11-32)56-24-6-2-5-9-36-29-50-45-22-14-34(27-44(36)45)33-12-20-43-37(25-33)30-51(49(43)55)46-23-16-39(53)28-47(46)54;1-2-3;/h4,6-7,10-11,13-15,17-20,22-24,28-31,42,47,49,54,56H,5,8-9,12,16,21,25-27,32H2,1-3H3,(H2,53,58);1,3-4,7-8,10-12,14-15,17-18,20-22,25-27,29,41,46,48,50,52H,2,5-6,9,13,16,19,23-24,28,30H2;1H3;1H4/t42-,47+,49+;41-,46+,48+;;/m11../s1. The van der Waals surface area contributed by atoms with Gasteiger partial charge in [0.25, 0.3) is 11.8 Å². The third-order valence-electron chi connectivity index (χ3n) is 24.5. The second kappa shape index (κ2) is 38.1. The van der Waals surface area contributed by atoms with Crippen LogP contribution in [-0.2, 0) is 62.7 Å². The number of fused-ring (bicyclic) bond motifs is 6. The zero-order valence-corrected chi connectivity index (χ0v) is 68.7. The minimum atomic E-state index is -0.912.